The summed E-state index contributed by atoms with van der Waals surface area (Å²) in [6, 6.07) is 0. The molecule has 2 nitrogen and oxygen atoms in total. The molecule has 0 radical (unpaired) electrons. The standard InChI is InChI=1S/C21H41N2.BF4/c1-4-5-6-7-8-9-10-11-12-13-14-15-16-17-18-23-20-19-22(3)21(23)2;2-1(3,4)5/h19-20H,4-18H2,1-3H3;/q+1;-1. The highest BCUT2D eigenvalue weighted by molar-refractivity contribution is 6.50. The Morgan fingerprint density at radius 2 is 1.11 bits per heavy atom. The minimum atomic E-state index is -6.00. The number of rotatable bonds is 15. The summed E-state index contributed by atoms with van der Waals surface area (Å²) in [6.07, 6.45) is 24.4. The predicted molar refractivity (Wildman–Crippen MR) is 111 cm³/mol. The van der Waals surface area contributed by atoms with Crippen molar-refractivity contribution in [2.24, 2.45) is 7.05 Å². The third-order valence-electron chi connectivity index (χ3n) is 5.15. The van der Waals surface area contributed by atoms with Crippen LogP contribution in [0.25, 0.3) is 0 Å². The monoisotopic (exact) mass is 408 g/mol. The summed E-state index contributed by atoms with van der Waals surface area (Å²) >= 11 is 0. The molecule has 1 heterocycles. The lowest BCUT2D eigenvalue weighted by Gasteiger charge is -2.03. The summed E-state index contributed by atoms with van der Waals surface area (Å²) in [5.41, 5.74) is 0. The molecule has 0 atom stereocenters. The summed E-state index contributed by atoms with van der Waals surface area (Å²) in [5.74, 6) is 1.36. The normalized spacial score (nSPS) is 11.4. The Bertz CT molecular complexity index is 469. The predicted octanol–water partition coefficient (Wildman–Crippen LogP) is 7.40. The van der Waals surface area contributed by atoms with Crippen LogP contribution in [0.1, 0.15) is 103 Å². The number of imidazole rings is 1. The van der Waals surface area contributed by atoms with Gasteiger partial charge in [0.2, 0.25) is 0 Å². The number of aromatic nitrogens is 2. The second-order valence-electron chi connectivity index (χ2n) is 7.74. The molecule has 0 amide bonds. The zero-order valence-electron chi connectivity index (χ0n) is 18.2. The van der Waals surface area contributed by atoms with Crippen LogP contribution < -0.4 is 4.57 Å². The maximum absolute atomic E-state index is 9.75. The van der Waals surface area contributed by atoms with E-state index in [9.17, 15) is 17.3 Å². The summed E-state index contributed by atoms with van der Waals surface area (Å²) in [6.45, 7) is 5.68. The minimum absolute atomic E-state index is 1.19. The van der Waals surface area contributed by atoms with E-state index in [1.54, 1.807) is 0 Å². The largest absolute Gasteiger partial charge is 0.673 e. The van der Waals surface area contributed by atoms with Crippen molar-refractivity contribution in [3.05, 3.63) is 18.2 Å². The third kappa shape index (κ3) is 18.4. The first-order valence-corrected chi connectivity index (χ1v) is 11.1. The molecule has 0 bridgehead atoms. The first-order chi connectivity index (χ1) is 13.3. The van der Waals surface area contributed by atoms with E-state index in [4.69, 9.17) is 0 Å². The minimum Gasteiger partial charge on any atom is -0.418 e. The fourth-order valence-corrected chi connectivity index (χ4v) is 3.31. The molecule has 0 spiro atoms. The van der Waals surface area contributed by atoms with Crippen LogP contribution in [0.5, 0.6) is 0 Å². The highest BCUT2D eigenvalue weighted by Gasteiger charge is 2.20. The van der Waals surface area contributed by atoms with E-state index in [2.05, 4.69) is 42.4 Å². The molecule has 28 heavy (non-hydrogen) atoms. The van der Waals surface area contributed by atoms with Crippen LogP contribution in [0, 0.1) is 6.92 Å². The van der Waals surface area contributed by atoms with Gasteiger partial charge in [0, 0.05) is 6.92 Å². The van der Waals surface area contributed by atoms with Crippen LogP contribution in [0.3, 0.4) is 0 Å². The molecule has 0 aliphatic carbocycles. The lowest BCUT2D eigenvalue weighted by molar-refractivity contribution is -0.677. The van der Waals surface area contributed by atoms with Crippen LogP contribution in [-0.2, 0) is 13.6 Å². The number of aryl methyl sites for hydroxylation is 2. The smallest absolute Gasteiger partial charge is 0.418 e. The molecule has 1 rings (SSSR count). The van der Waals surface area contributed by atoms with E-state index in [1.807, 2.05) is 0 Å². The number of unbranched alkanes of at least 4 members (excludes halogenated alkanes) is 13. The number of nitrogens with zero attached hydrogens (tertiary/aromatic N) is 2. The fraction of sp³-hybridized carbons (Fsp3) is 0.857. The topological polar surface area (TPSA) is 8.81 Å². The maximum Gasteiger partial charge on any atom is 0.673 e. The van der Waals surface area contributed by atoms with Crippen molar-refractivity contribution >= 4 is 7.25 Å². The van der Waals surface area contributed by atoms with Crippen molar-refractivity contribution in [3.8, 4) is 0 Å². The van der Waals surface area contributed by atoms with Gasteiger partial charge < -0.3 is 17.3 Å². The van der Waals surface area contributed by atoms with Gasteiger partial charge in [-0.05, 0) is 12.8 Å². The second kappa shape index (κ2) is 16.9. The van der Waals surface area contributed by atoms with Gasteiger partial charge in [-0.15, -0.1) is 0 Å². The average Bonchev–Trinajstić information content (AvgIpc) is 2.92. The Labute approximate surface area is 169 Å². The Kier molecular flexibility index (Phi) is 16.3. The molecule has 0 aliphatic rings. The van der Waals surface area contributed by atoms with E-state index in [0.717, 1.165) is 0 Å². The quantitative estimate of drug-likeness (QED) is 0.124. The van der Waals surface area contributed by atoms with Crippen molar-refractivity contribution < 1.29 is 21.8 Å². The molecule has 0 unspecified atom stereocenters. The molecule has 0 aliphatic heterocycles. The van der Waals surface area contributed by atoms with E-state index in [-0.39, 0.29) is 0 Å². The Morgan fingerprint density at radius 1 is 0.750 bits per heavy atom. The molecule has 1 aromatic rings. The molecule has 0 saturated heterocycles. The van der Waals surface area contributed by atoms with Crippen molar-refractivity contribution in [2.45, 2.75) is 110 Å². The maximum atomic E-state index is 9.75. The van der Waals surface area contributed by atoms with Gasteiger partial charge in [0.15, 0.2) is 0 Å². The number of halogens is 4. The van der Waals surface area contributed by atoms with Gasteiger partial charge in [0.25, 0.3) is 5.82 Å². The van der Waals surface area contributed by atoms with E-state index < -0.39 is 7.25 Å². The average molecular weight is 408 g/mol. The summed E-state index contributed by atoms with van der Waals surface area (Å²) in [4.78, 5) is 0. The van der Waals surface area contributed by atoms with Gasteiger partial charge in [-0.2, -0.15) is 0 Å². The molecule has 7 heteroatoms. The van der Waals surface area contributed by atoms with Gasteiger partial charge in [0.05, 0.1) is 13.6 Å². The van der Waals surface area contributed by atoms with Crippen LogP contribution in [0.15, 0.2) is 12.4 Å². The molecular formula is C21H41BF4N2. The van der Waals surface area contributed by atoms with E-state index >= 15 is 0 Å². The zero-order chi connectivity index (χ0) is 21.3. The molecule has 1 aromatic heterocycles. The molecule has 166 valence electrons. The van der Waals surface area contributed by atoms with Gasteiger partial charge in [-0.25, -0.2) is 9.13 Å². The van der Waals surface area contributed by atoms with Crippen molar-refractivity contribution in [2.75, 3.05) is 0 Å². The first kappa shape index (κ1) is 27.0. The van der Waals surface area contributed by atoms with Crippen LogP contribution in [-0.4, -0.2) is 11.8 Å². The Hall–Kier alpha value is -1.01. The SMILES string of the molecule is CCCCCCCCCCCCCCCCn1cc[n+](C)c1C.F[B-](F)(F)F. The Balaban J connectivity index is 0.00000129. The van der Waals surface area contributed by atoms with Crippen molar-refractivity contribution in [1.29, 1.82) is 0 Å². The van der Waals surface area contributed by atoms with E-state index in [0.29, 0.717) is 0 Å². The molecule has 0 aromatic carbocycles. The van der Waals surface area contributed by atoms with Gasteiger partial charge in [0.1, 0.15) is 12.4 Å². The summed E-state index contributed by atoms with van der Waals surface area (Å²) in [5, 5.41) is 0. The van der Waals surface area contributed by atoms with Crippen molar-refractivity contribution in [3.63, 3.8) is 0 Å². The van der Waals surface area contributed by atoms with Gasteiger partial charge in [-0.1, -0.05) is 84.0 Å². The molecule has 0 fully saturated rings. The summed E-state index contributed by atoms with van der Waals surface area (Å²) < 4.78 is 43.6. The fourth-order valence-electron chi connectivity index (χ4n) is 3.31. The molecule has 0 saturated carbocycles. The number of hydrogen-bond donors (Lipinski definition) is 0. The van der Waals surface area contributed by atoms with Crippen LogP contribution >= 0.6 is 0 Å². The van der Waals surface area contributed by atoms with Crippen LogP contribution in [0.4, 0.5) is 17.3 Å². The second-order valence-corrected chi connectivity index (χ2v) is 7.74. The molecular weight excluding hydrogens is 367 g/mol. The first-order valence-electron chi connectivity index (χ1n) is 11.1. The highest BCUT2D eigenvalue weighted by atomic mass is 19.5. The zero-order valence-corrected chi connectivity index (χ0v) is 18.2. The van der Waals surface area contributed by atoms with Gasteiger partial charge in [-0.3, -0.25) is 0 Å². The summed E-state index contributed by atoms with van der Waals surface area (Å²) in [7, 11) is -3.88. The lowest BCUT2D eigenvalue weighted by atomic mass is 10.0. The third-order valence-corrected chi connectivity index (χ3v) is 5.15. The highest BCUT2D eigenvalue weighted by Crippen LogP contribution is 2.13. The van der Waals surface area contributed by atoms with Crippen LogP contribution in [0.2, 0.25) is 0 Å². The van der Waals surface area contributed by atoms with E-state index in [1.165, 1.54) is 102 Å². The van der Waals surface area contributed by atoms with Gasteiger partial charge >= 0.3 is 7.25 Å². The van der Waals surface area contributed by atoms with Crippen molar-refractivity contribution in [1.82, 2.24) is 4.57 Å². The lowest BCUT2D eigenvalue weighted by Crippen LogP contribution is -2.29. The Morgan fingerprint density at radius 3 is 1.43 bits per heavy atom. The molecule has 0 N–H and O–H groups in total. The number of hydrogen-bond acceptors (Lipinski definition) is 0.